The van der Waals surface area contributed by atoms with Gasteiger partial charge in [0.25, 0.3) is 0 Å². The molecule has 0 spiro atoms. The SMILES string of the molecule is CCc1[cH-]c2ccccc2c1C.CCc1[cH-]c2ccccc2c1C.C[SiH]C.[F-].[F-].[Zr+4]. The van der Waals surface area contributed by atoms with Crippen molar-refractivity contribution in [2.75, 3.05) is 0 Å². The van der Waals surface area contributed by atoms with Crippen LogP contribution in [0.1, 0.15) is 36.1 Å². The molecule has 4 aromatic rings. The van der Waals surface area contributed by atoms with E-state index in [9.17, 15) is 0 Å². The molecule has 0 saturated carbocycles. The number of rotatable bonds is 2. The first-order valence-corrected chi connectivity index (χ1v) is 12.4. The molecule has 0 nitrogen and oxygen atoms in total. The molecule has 30 heavy (non-hydrogen) atoms. The van der Waals surface area contributed by atoms with Gasteiger partial charge in [-0.2, -0.15) is 11.1 Å². The van der Waals surface area contributed by atoms with Gasteiger partial charge in [-0.1, -0.05) is 52.9 Å². The van der Waals surface area contributed by atoms with Crippen molar-refractivity contribution in [3.05, 3.63) is 82.9 Å². The molecule has 0 saturated heterocycles. The molecule has 4 heteroatoms. The van der Waals surface area contributed by atoms with Gasteiger partial charge in [0.2, 0.25) is 0 Å². The number of aryl methyl sites for hydroxylation is 4. The van der Waals surface area contributed by atoms with Crippen molar-refractivity contribution in [1.29, 1.82) is 0 Å². The van der Waals surface area contributed by atoms with E-state index >= 15 is 0 Å². The molecule has 0 atom stereocenters. The first kappa shape index (κ1) is 30.8. The molecule has 0 bridgehead atoms. The van der Waals surface area contributed by atoms with Crippen LogP contribution in [0.3, 0.4) is 0 Å². The van der Waals surface area contributed by atoms with Crippen LogP contribution in [-0.2, 0) is 39.0 Å². The molecule has 0 N–H and O–H groups in total. The molecule has 0 aliphatic heterocycles. The minimum Gasteiger partial charge on any atom is -1.00 e. The first-order valence-electron chi connectivity index (χ1n) is 10.1. The van der Waals surface area contributed by atoms with Crippen molar-refractivity contribution in [2.24, 2.45) is 0 Å². The molecule has 0 amide bonds. The van der Waals surface area contributed by atoms with E-state index < -0.39 is 0 Å². The zero-order valence-electron chi connectivity index (χ0n) is 19.0. The van der Waals surface area contributed by atoms with E-state index in [1.165, 1.54) is 43.8 Å². The van der Waals surface area contributed by atoms with Crippen LogP contribution in [0, 0.1) is 13.8 Å². The van der Waals surface area contributed by atoms with Crippen molar-refractivity contribution < 1.29 is 35.6 Å². The Labute approximate surface area is 202 Å². The predicted molar refractivity (Wildman–Crippen MR) is 126 cm³/mol. The van der Waals surface area contributed by atoms with Gasteiger partial charge >= 0.3 is 26.2 Å². The van der Waals surface area contributed by atoms with Crippen molar-refractivity contribution >= 4 is 31.1 Å². The Morgan fingerprint density at radius 3 is 1.23 bits per heavy atom. The van der Waals surface area contributed by atoms with Crippen LogP contribution >= 0.6 is 0 Å². The standard InChI is InChI=1S/2C12H13.C2H7Si.2FH.Zr/c2*1-3-10-8-11-6-4-5-7-12(11)9(10)2;1-3-2;;;/h2*4-8H,3H2,1-2H3;3H,1-2H3;2*1H;/q2*-1;;;;+4/p-2. The molecule has 0 heterocycles. The molecule has 0 unspecified atom stereocenters. The molecule has 0 fully saturated rings. The maximum atomic E-state index is 2.30. The Morgan fingerprint density at radius 2 is 0.967 bits per heavy atom. The minimum absolute atomic E-state index is 0. The number of benzene rings is 2. The van der Waals surface area contributed by atoms with Gasteiger partial charge in [-0.3, -0.25) is 0 Å². The van der Waals surface area contributed by atoms with Crippen LogP contribution in [0.15, 0.2) is 60.7 Å². The number of fused-ring (bicyclic) bond motifs is 2. The van der Waals surface area contributed by atoms with E-state index in [-0.39, 0.29) is 35.6 Å². The number of hydrogen-bond acceptors (Lipinski definition) is 0. The third-order valence-electron chi connectivity index (χ3n) is 5.11. The Bertz CT molecular complexity index is 905. The normalized spacial score (nSPS) is 9.27. The van der Waals surface area contributed by atoms with Gasteiger partial charge in [0.1, 0.15) is 0 Å². The van der Waals surface area contributed by atoms with Gasteiger partial charge in [-0.15, -0.1) is 81.2 Å². The average molecular weight is 503 g/mol. The molecular weight excluding hydrogens is 470 g/mol. The van der Waals surface area contributed by atoms with Crippen molar-refractivity contribution in [1.82, 2.24) is 0 Å². The molecule has 0 aliphatic rings. The molecule has 1 radical (unpaired) electrons. The average Bonchev–Trinajstić information content (AvgIpc) is 3.20. The van der Waals surface area contributed by atoms with E-state index in [4.69, 9.17) is 0 Å². The Balaban J connectivity index is 0. The summed E-state index contributed by atoms with van der Waals surface area (Å²) in [6.07, 6.45) is 2.28. The monoisotopic (exact) mass is 501 g/mol. The Hall–Kier alpha value is -1.38. The van der Waals surface area contributed by atoms with Gasteiger partial charge in [0.15, 0.2) is 0 Å². The molecule has 0 aromatic heterocycles. The molecule has 4 aromatic carbocycles. The van der Waals surface area contributed by atoms with Gasteiger partial charge in [-0.25, -0.2) is 0 Å². The Kier molecular flexibility index (Phi) is 15.8. The number of halogens is 2. The van der Waals surface area contributed by atoms with Crippen LogP contribution in [0.4, 0.5) is 0 Å². The van der Waals surface area contributed by atoms with E-state index in [0.717, 1.165) is 22.4 Å². The summed E-state index contributed by atoms with van der Waals surface area (Å²) in [5, 5.41) is 5.59. The van der Waals surface area contributed by atoms with Crippen LogP contribution in [-0.4, -0.2) is 9.52 Å². The first-order chi connectivity index (χ1) is 13.1. The minimum atomic E-state index is 0. The van der Waals surface area contributed by atoms with E-state index in [2.05, 4.69) is 101 Å². The maximum absolute atomic E-state index is 2.30. The topological polar surface area (TPSA) is 0 Å². The van der Waals surface area contributed by atoms with Crippen molar-refractivity contribution in [3.8, 4) is 0 Å². The van der Waals surface area contributed by atoms with Crippen LogP contribution in [0.2, 0.25) is 13.1 Å². The maximum Gasteiger partial charge on any atom is 4.00 e. The van der Waals surface area contributed by atoms with Gasteiger partial charge in [0, 0.05) is 9.52 Å². The zero-order valence-corrected chi connectivity index (χ0v) is 22.6. The fourth-order valence-corrected chi connectivity index (χ4v) is 3.60. The van der Waals surface area contributed by atoms with E-state index in [1.54, 1.807) is 0 Å². The van der Waals surface area contributed by atoms with Crippen molar-refractivity contribution in [3.63, 3.8) is 0 Å². The van der Waals surface area contributed by atoms with E-state index in [0.29, 0.717) is 0 Å². The fourth-order valence-electron chi connectivity index (χ4n) is 3.60. The van der Waals surface area contributed by atoms with Gasteiger partial charge in [0.05, 0.1) is 0 Å². The van der Waals surface area contributed by atoms with Crippen molar-refractivity contribution in [2.45, 2.75) is 53.6 Å². The quantitative estimate of drug-likeness (QED) is 0.287. The summed E-state index contributed by atoms with van der Waals surface area (Å²) in [5.74, 6) is 0. The summed E-state index contributed by atoms with van der Waals surface area (Å²) in [6, 6.07) is 21.8. The summed E-state index contributed by atoms with van der Waals surface area (Å²) in [4.78, 5) is 0. The van der Waals surface area contributed by atoms with Gasteiger partial charge < -0.3 is 9.41 Å². The van der Waals surface area contributed by atoms with Crippen LogP contribution in [0.25, 0.3) is 21.5 Å². The van der Waals surface area contributed by atoms with E-state index in [1.807, 2.05) is 0 Å². The van der Waals surface area contributed by atoms with Gasteiger partial charge in [-0.05, 0) is 12.8 Å². The predicted octanol–water partition coefficient (Wildman–Crippen LogP) is 1.38. The molecule has 159 valence electrons. The summed E-state index contributed by atoms with van der Waals surface area (Å²) < 4.78 is 0. The largest absolute Gasteiger partial charge is 4.00 e. The fraction of sp³-hybridized carbons (Fsp3) is 0.308. The third kappa shape index (κ3) is 7.39. The zero-order chi connectivity index (χ0) is 19.8. The van der Waals surface area contributed by atoms with Crippen LogP contribution < -0.4 is 9.41 Å². The second kappa shape index (κ2) is 15.4. The second-order valence-corrected chi connectivity index (χ2v) is 8.20. The number of hydrogen-bond donors (Lipinski definition) is 0. The third-order valence-corrected chi connectivity index (χ3v) is 5.11. The summed E-state index contributed by atoms with van der Waals surface area (Å²) >= 11 is 0. The van der Waals surface area contributed by atoms with Crippen LogP contribution in [0.5, 0.6) is 0 Å². The molecule has 0 aliphatic carbocycles. The second-order valence-electron chi connectivity index (χ2n) is 7.05. The summed E-state index contributed by atoms with van der Waals surface area (Å²) in [7, 11) is 0.750. The smallest absolute Gasteiger partial charge is 1.00 e. The summed E-state index contributed by atoms with van der Waals surface area (Å²) in [5.41, 5.74) is 5.87. The molecule has 4 rings (SSSR count). The molecular formula is C26H33F2SiZr. The Morgan fingerprint density at radius 1 is 0.667 bits per heavy atom. The summed E-state index contributed by atoms with van der Waals surface area (Å²) in [6.45, 7) is 13.3.